The van der Waals surface area contributed by atoms with E-state index in [-0.39, 0.29) is 31.9 Å². The number of rotatable bonds is 12. The van der Waals surface area contributed by atoms with Crippen molar-refractivity contribution in [2.24, 2.45) is 17.3 Å². The quantitative estimate of drug-likeness (QED) is 0.258. The van der Waals surface area contributed by atoms with E-state index in [1.54, 1.807) is 0 Å². The molecule has 1 aromatic heterocycles. The monoisotopic (exact) mass is 922 g/mol. The van der Waals surface area contributed by atoms with E-state index in [9.17, 15) is 27.6 Å². The fraction of sp³-hybridized carbons (Fsp3) is 0.681. The number of sulfonamides is 1. The standard InChI is InChI=1S/C47H66N6O11S/c1-7-30-27-47(30,42(56)51-65(58,59)46(17-18-46)29-60-6)50-39(54)36-25-32-28-53(36)41(55)38(44(2,3)4)49-43(57)64-45(5)26-31(45)13-9-8-10-15-34-37(62-24-21-52-19-22-61-23-20-52)33-14-11-12-16-35(33)48-40(34)63-32/h7,11-12,14,16,30-32,36,38H,1,8-10,13,15,17-29H2,2-6H3,(H,49,57)(H,50,54)(H,51,56)/t30-,31-,32-,36+,38-,45-,47-/m1/s1. The number of nitrogens with one attached hydrogen (secondary N) is 3. The molecule has 1 aromatic carbocycles. The number of amides is 4. The molecular formula is C47H66N6O11S. The molecule has 18 heteroatoms. The number of benzene rings is 1. The molecule has 3 N–H and O–H groups in total. The normalized spacial score (nSPS) is 30.5. The summed E-state index contributed by atoms with van der Waals surface area (Å²) in [6.45, 7) is 15.3. The van der Waals surface area contributed by atoms with Crippen molar-refractivity contribution in [1.29, 1.82) is 0 Å². The summed E-state index contributed by atoms with van der Waals surface area (Å²) in [4.78, 5) is 66.1. The van der Waals surface area contributed by atoms with Gasteiger partial charge >= 0.3 is 6.09 Å². The van der Waals surface area contributed by atoms with Gasteiger partial charge in [-0.25, -0.2) is 18.2 Å². The van der Waals surface area contributed by atoms with Crippen LogP contribution in [0.25, 0.3) is 10.9 Å². The number of aromatic nitrogens is 1. The summed E-state index contributed by atoms with van der Waals surface area (Å²) in [6.07, 6.45) is 5.67. The average molecular weight is 923 g/mol. The van der Waals surface area contributed by atoms with Gasteiger partial charge in [-0.2, -0.15) is 0 Å². The van der Waals surface area contributed by atoms with Gasteiger partial charge in [0.05, 0.1) is 37.4 Å². The highest BCUT2D eigenvalue weighted by Gasteiger charge is 2.64. The predicted octanol–water partition coefficient (Wildman–Crippen LogP) is 4.02. The second kappa shape index (κ2) is 18.3. The van der Waals surface area contributed by atoms with Gasteiger partial charge in [-0.05, 0) is 69.4 Å². The maximum atomic E-state index is 15.0. The molecule has 3 saturated carbocycles. The fourth-order valence-electron chi connectivity index (χ4n) is 9.87. The molecule has 4 heterocycles. The van der Waals surface area contributed by atoms with E-state index >= 15 is 0 Å². The molecule has 8 rings (SSSR count). The summed E-state index contributed by atoms with van der Waals surface area (Å²) in [6, 6.07) is 5.45. The molecule has 6 aliphatic rings. The molecule has 0 radical (unpaired) electrons. The molecule has 3 aliphatic heterocycles. The molecule has 2 bridgehead atoms. The van der Waals surface area contributed by atoms with Crippen molar-refractivity contribution in [3.05, 3.63) is 42.5 Å². The maximum absolute atomic E-state index is 15.0. The lowest BCUT2D eigenvalue weighted by Gasteiger charge is -2.35. The Morgan fingerprint density at radius 3 is 2.54 bits per heavy atom. The number of carbonyl (C=O) groups excluding carboxylic acids is 4. The summed E-state index contributed by atoms with van der Waals surface area (Å²) in [5.41, 5.74) is -1.64. The van der Waals surface area contributed by atoms with Crippen LogP contribution in [0.4, 0.5) is 4.79 Å². The number of para-hydroxylation sites is 1. The number of nitrogens with zero attached hydrogens (tertiary/aromatic N) is 3. The van der Waals surface area contributed by atoms with Crippen molar-refractivity contribution in [1.82, 2.24) is 30.1 Å². The van der Waals surface area contributed by atoms with Gasteiger partial charge in [0.25, 0.3) is 5.91 Å². The predicted molar refractivity (Wildman–Crippen MR) is 241 cm³/mol. The third-order valence-electron chi connectivity index (χ3n) is 14.4. The Balaban J connectivity index is 1.13. The Morgan fingerprint density at radius 1 is 1.09 bits per heavy atom. The van der Waals surface area contributed by atoms with E-state index in [4.69, 9.17) is 28.7 Å². The molecular weight excluding hydrogens is 857 g/mol. The zero-order chi connectivity index (χ0) is 46.4. The van der Waals surface area contributed by atoms with E-state index in [2.05, 4.69) is 26.8 Å². The number of pyridine rings is 1. The lowest BCUT2D eigenvalue weighted by molar-refractivity contribution is -0.143. The van der Waals surface area contributed by atoms with E-state index in [0.29, 0.717) is 69.2 Å². The zero-order valence-electron chi connectivity index (χ0n) is 38.4. The van der Waals surface area contributed by atoms with Crippen LogP contribution in [0.15, 0.2) is 36.9 Å². The third-order valence-corrected chi connectivity index (χ3v) is 16.5. The first-order valence-corrected chi connectivity index (χ1v) is 24.7. The smallest absolute Gasteiger partial charge is 0.408 e. The second-order valence-corrected chi connectivity index (χ2v) is 22.3. The minimum absolute atomic E-state index is 0.00546. The second-order valence-electron chi connectivity index (χ2n) is 20.2. The summed E-state index contributed by atoms with van der Waals surface area (Å²) in [5, 5.41) is 6.58. The summed E-state index contributed by atoms with van der Waals surface area (Å²) < 4.78 is 58.3. The SMILES string of the molecule is C=C[C@@H]1C[C@]1(NC(=O)[C@@H]1C[C@@H]2CN1C(=O)[C@H](C(C)(C)C)NC(=O)O[C@]1(C)C[C@H]1CCCCCc1c(nc3ccccc3c1OCCN1CCOCC1)O2)C(=O)NS(=O)(=O)C1(COC)CC1. The highest BCUT2D eigenvalue weighted by molar-refractivity contribution is 7.91. The van der Waals surface area contributed by atoms with Crippen LogP contribution in [-0.2, 0) is 45.0 Å². The Bertz CT molecular complexity index is 2280. The number of hydrogen-bond donors (Lipinski definition) is 3. The van der Waals surface area contributed by atoms with Crippen LogP contribution < -0.4 is 24.8 Å². The topological polar surface area (TPSA) is 204 Å². The van der Waals surface area contributed by atoms with Crippen LogP contribution in [0.3, 0.4) is 0 Å². The molecule has 5 fully saturated rings. The first-order valence-electron chi connectivity index (χ1n) is 23.2. The van der Waals surface area contributed by atoms with Crippen LogP contribution in [0.2, 0.25) is 0 Å². The van der Waals surface area contributed by atoms with Gasteiger partial charge in [0.1, 0.15) is 46.4 Å². The number of carbonyl (C=O) groups is 4. The van der Waals surface area contributed by atoms with E-state index in [0.717, 1.165) is 49.7 Å². The van der Waals surface area contributed by atoms with E-state index < -0.39 is 79.2 Å². The molecule has 356 valence electrons. The van der Waals surface area contributed by atoms with Crippen molar-refractivity contribution in [3.63, 3.8) is 0 Å². The van der Waals surface area contributed by atoms with Crippen LogP contribution in [-0.4, -0.2) is 141 Å². The van der Waals surface area contributed by atoms with Gasteiger partial charge in [-0.15, -0.1) is 6.58 Å². The lowest BCUT2D eigenvalue weighted by Crippen LogP contribution is -2.60. The molecule has 0 spiro atoms. The molecule has 0 unspecified atom stereocenters. The van der Waals surface area contributed by atoms with Crippen LogP contribution >= 0.6 is 0 Å². The third kappa shape index (κ3) is 9.82. The highest BCUT2D eigenvalue weighted by atomic mass is 32.2. The van der Waals surface area contributed by atoms with E-state index in [1.807, 2.05) is 52.0 Å². The number of ether oxygens (including phenoxy) is 5. The summed E-state index contributed by atoms with van der Waals surface area (Å²) in [5.74, 6) is -1.43. The van der Waals surface area contributed by atoms with Crippen LogP contribution in [0.5, 0.6) is 11.6 Å². The van der Waals surface area contributed by atoms with Crippen molar-refractivity contribution in [2.45, 2.75) is 126 Å². The highest BCUT2D eigenvalue weighted by Crippen LogP contribution is 2.50. The van der Waals surface area contributed by atoms with Crippen molar-refractivity contribution >= 4 is 44.7 Å². The molecule has 65 heavy (non-hydrogen) atoms. The Hall–Kier alpha value is -4.52. The summed E-state index contributed by atoms with van der Waals surface area (Å²) in [7, 11) is -2.76. The number of hydrogen-bond acceptors (Lipinski definition) is 13. The van der Waals surface area contributed by atoms with Crippen molar-refractivity contribution in [2.75, 3.05) is 59.7 Å². The van der Waals surface area contributed by atoms with Crippen molar-refractivity contribution < 1.29 is 51.3 Å². The van der Waals surface area contributed by atoms with Gasteiger partial charge in [0, 0.05) is 50.4 Å². The average Bonchev–Trinajstić information content (AvgIpc) is 4.22. The number of fused-ring (bicyclic) bond motifs is 5. The zero-order valence-corrected chi connectivity index (χ0v) is 39.3. The van der Waals surface area contributed by atoms with Gasteiger partial charge in [0.15, 0.2) is 0 Å². The largest absolute Gasteiger partial charge is 0.491 e. The molecule has 3 aliphatic carbocycles. The first-order chi connectivity index (χ1) is 30.9. The fourth-order valence-corrected chi connectivity index (χ4v) is 11.4. The molecule has 4 amide bonds. The minimum atomic E-state index is -4.17. The van der Waals surface area contributed by atoms with Gasteiger partial charge in [-0.1, -0.05) is 51.8 Å². The lowest BCUT2D eigenvalue weighted by atomic mass is 9.85. The number of methoxy groups -OCH3 is 1. The Morgan fingerprint density at radius 2 is 1.85 bits per heavy atom. The Kier molecular flexibility index (Phi) is 13.2. The van der Waals surface area contributed by atoms with Crippen LogP contribution in [0.1, 0.15) is 91.0 Å². The Labute approximate surface area is 382 Å². The minimum Gasteiger partial charge on any atom is -0.491 e. The molecule has 2 saturated heterocycles. The molecule has 2 aromatic rings. The van der Waals surface area contributed by atoms with Crippen LogP contribution in [0, 0.1) is 17.3 Å². The summed E-state index contributed by atoms with van der Waals surface area (Å²) >= 11 is 0. The number of alkyl carbamates (subject to hydrolysis) is 1. The molecule has 7 atom stereocenters. The van der Waals surface area contributed by atoms with Gasteiger partial charge < -0.3 is 39.2 Å². The van der Waals surface area contributed by atoms with Gasteiger partial charge in [0.2, 0.25) is 27.7 Å². The maximum Gasteiger partial charge on any atom is 0.408 e. The van der Waals surface area contributed by atoms with Crippen molar-refractivity contribution in [3.8, 4) is 11.6 Å². The first kappa shape index (κ1) is 47.0. The van der Waals surface area contributed by atoms with E-state index in [1.165, 1.54) is 18.1 Å². The number of morpholine rings is 1. The molecule has 17 nitrogen and oxygen atoms in total. The van der Waals surface area contributed by atoms with Gasteiger partial charge in [-0.3, -0.25) is 24.0 Å².